The van der Waals surface area contributed by atoms with E-state index in [-0.39, 0.29) is 13.2 Å². The molecule has 0 rings (SSSR count). The average Bonchev–Trinajstić information content (AvgIpc) is 2.70. The molecule has 0 radical (unpaired) electrons. The van der Waals surface area contributed by atoms with E-state index in [1.54, 1.807) is 0 Å². The van der Waals surface area contributed by atoms with Gasteiger partial charge < -0.3 is 25.5 Å². The van der Waals surface area contributed by atoms with Crippen LogP contribution < -0.4 is 0 Å². The first-order valence-corrected chi connectivity index (χ1v) is 11.3. The van der Waals surface area contributed by atoms with Crippen molar-refractivity contribution in [2.75, 3.05) is 13.2 Å². The Morgan fingerprint density at radius 3 is 1.43 bits per heavy atom. The van der Waals surface area contributed by atoms with E-state index in [9.17, 15) is 4.79 Å². The van der Waals surface area contributed by atoms with Gasteiger partial charge in [0.2, 0.25) is 0 Å². The van der Waals surface area contributed by atoms with Gasteiger partial charge >= 0.3 is 5.97 Å². The first-order valence-electron chi connectivity index (χ1n) is 11.3. The van der Waals surface area contributed by atoms with Crippen LogP contribution in [0, 0.1) is 0 Å². The summed E-state index contributed by atoms with van der Waals surface area (Å²) in [7, 11) is 0. The molecule has 0 heterocycles. The zero-order valence-corrected chi connectivity index (χ0v) is 19.1. The molecule has 0 bridgehead atoms. The predicted molar refractivity (Wildman–Crippen MR) is 121 cm³/mol. The lowest BCUT2D eigenvalue weighted by molar-refractivity contribution is -0.137. The van der Waals surface area contributed by atoms with Crippen LogP contribution in [0.5, 0.6) is 0 Å². The van der Waals surface area contributed by atoms with E-state index >= 15 is 0 Å². The highest BCUT2D eigenvalue weighted by Crippen LogP contribution is 2.09. The van der Waals surface area contributed by atoms with Crippen molar-refractivity contribution in [3.05, 3.63) is 12.2 Å². The van der Waals surface area contributed by atoms with Gasteiger partial charge in [0, 0.05) is 13.3 Å². The lowest BCUT2D eigenvalue weighted by Gasteiger charge is -1.99. The Kier molecular flexibility index (Phi) is 32.9. The van der Waals surface area contributed by atoms with E-state index in [0.717, 1.165) is 19.8 Å². The quantitative estimate of drug-likeness (QED) is 0.168. The topological polar surface area (TPSA) is 135 Å². The Balaban J connectivity index is -0.000000600. The van der Waals surface area contributed by atoms with Crippen LogP contribution in [0.3, 0.4) is 0 Å². The highest BCUT2D eigenvalue weighted by molar-refractivity contribution is 5.66. The molecule has 0 unspecified atom stereocenters. The highest BCUT2D eigenvalue weighted by Gasteiger charge is 1.96. The number of aliphatic hydroxyl groups excluding tert-OH is 3. The van der Waals surface area contributed by atoms with Crippen molar-refractivity contribution in [3.8, 4) is 0 Å². The maximum Gasteiger partial charge on any atom is 0.303 e. The van der Waals surface area contributed by atoms with Gasteiger partial charge in [0.1, 0.15) is 6.10 Å². The van der Waals surface area contributed by atoms with Gasteiger partial charge in [0.15, 0.2) is 0 Å². The van der Waals surface area contributed by atoms with Crippen molar-refractivity contribution in [2.45, 2.75) is 110 Å². The minimum atomic E-state index is -0.954. The fourth-order valence-corrected chi connectivity index (χ4v) is 2.40. The number of unbranched alkanes of at least 4 members (excludes halogenated alkanes) is 11. The molecular formula is C23H46O7. The van der Waals surface area contributed by atoms with E-state index in [4.69, 9.17) is 30.3 Å². The van der Waals surface area contributed by atoms with E-state index in [2.05, 4.69) is 19.1 Å². The number of carboxylic acid groups (broad SMARTS) is 2. The fraction of sp³-hybridized carbons (Fsp3) is 0.826. The van der Waals surface area contributed by atoms with Crippen molar-refractivity contribution < 1.29 is 35.1 Å². The van der Waals surface area contributed by atoms with E-state index in [1.165, 1.54) is 70.6 Å². The molecule has 0 saturated carbocycles. The van der Waals surface area contributed by atoms with Crippen LogP contribution in [0.25, 0.3) is 0 Å². The first-order chi connectivity index (χ1) is 14.3. The molecule has 0 amide bonds. The lowest BCUT2D eigenvalue weighted by atomic mass is 10.1. The summed E-state index contributed by atoms with van der Waals surface area (Å²) in [5, 5.41) is 39.9. The molecule has 0 aromatic heterocycles. The van der Waals surface area contributed by atoms with E-state index in [0.29, 0.717) is 6.42 Å². The molecule has 5 N–H and O–H groups in total. The van der Waals surface area contributed by atoms with Gasteiger partial charge in [0.05, 0.1) is 13.2 Å². The molecule has 0 aromatic rings. The number of allylic oxidation sites excluding steroid dienone is 2. The summed E-state index contributed by atoms with van der Waals surface area (Å²) in [6.45, 7) is 2.61. The van der Waals surface area contributed by atoms with Crippen LogP contribution in [0.2, 0.25) is 0 Å². The van der Waals surface area contributed by atoms with Gasteiger partial charge in [-0.3, -0.25) is 9.59 Å². The second-order valence-electron chi connectivity index (χ2n) is 7.27. The van der Waals surface area contributed by atoms with Crippen molar-refractivity contribution in [1.82, 2.24) is 0 Å². The van der Waals surface area contributed by atoms with Crippen molar-refractivity contribution in [2.24, 2.45) is 0 Å². The third kappa shape index (κ3) is 45.4. The molecule has 30 heavy (non-hydrogen) atoms. The monoisotopic (exact) mass is 434 g/mol. The summed E-state index contributed by atoms with van der Waals surface area (Å²) in [5.41, 5.74) is 0. The summed E-state index contributed by atoms with van der Waals surface area (Å²) in [6.07, 6.45) is 20.3. The fourth-order valence-electron chi connectivity index (χ4n) is 2.40. The minimum absolute atomic E-state index is 0.332. The van der Waals surface area contributed by atoms with Gasteiger partial charge in [-0.05, 0) is 32.1 Å². The van der Waals surface area contributed by atoms with Crippen LogP contribution in [-0.2, 0) is 9.59 Å². The zero-order chi connectivity index (χ0) is 23.5. The van der Waals surface area contributed by atoms with Crippen molar-refractivity contribution in [1.29, 1.82) is 0 Å². The Morgan fingerprint density at radius 1 is 0.733 bits per heavy atom. The molecule has 0 atom stereocenters. The molecule has 0 aromatic carbocycles. The van der Waals surface area contributed by atoms with Gasteiger partial charge in [-0.2, -0.15) is 0 Å². The molecule has 0 aliphatic rings. The average molecular weight is 435 g/mol. The van der Waals surface area contributed by atoms with Crippen LogP contribution >= 0.6 is 0 Å². The molecule has 7 nitrogen and oxygen atoms in total. The number of rotatable bonds is 17. The number of hydrogen-bond donors (Lipinski definition) is 5. The van der Waals surface area contributed by atoms with Crippen LogP contribution in [0.15, 0.2) is 12.2 Å². The normalized spacial score (nSPS) is 10.3. The third-order valence-electron chi connectivity index (χ3n) is 4.07. The van der Waals surface area contributed by atoms with Crippen LogP contribution in [0.4, 0.5) is 0 Å². The Morgan fingerprint density at radius 2 is 1.10 bits per heavy atom. The first kappa shape index (κ1) is 33.2. The van der Waals surface area contributed by atoms with Gasteiger partial charge in [-0.25, -0.2) is 0 Å². The Hall–Kier alpha value is -1.44. The second-order valence-corrected chi connectivity index (χ2v) is 7.27. The molecule has 7 heteroatoms. The summed E-state index contributed by atoms with van der Waals surface area (Å²) in [4.78, 5) is 19.3. The summed E-state index contributed by atoms with van der Waals surface area (Å²) < 4.78 is 0. The molecule has 180 valence electrons. The number of carbonyl (C=O) groups is 2. The van der Waals surface area contributed by atoms with Gasteiger partial charge in [0.25, 0.3) is 5.97 Å². The molecule has 0 aliphatic carbocycles. The van der Waals surface area contributed by atoms with Crippen LogP contribution in [-0.4, -0.2) is 56.8 Å². The second kappa shape index (κ2) is 29.8. The molecule has 0 saturated heterocycles. The number of carboxylic acids is 2. The minimum Gasteiger partial charge on any atom is -0.481 e. The van der Waals surface area contributed by atoms with Gasteiger partial charge in [-0.1, -0.05) is 70.4 Å². The standard InChI is InChI=1S/C18H34O2.C3H8O3.C2H4O2/c1-2-3-4-5-6-7-8-9-10-11-12-13-14-15-16-17-18(19)20;4-1-3(6)2-5;1-2(3)4/h9-10H,2-8,11-17H2,1H3,(H,19,20);3-6H,1-2H2;1H3,(H,3,4). The van der Waals surface area contributed by atoms with E-state index < -0.39 is 18.0 Å². The SMILES string of the molecule is CC(=O)O.CCCCCCCCC=CCCCCCCCC(=O)O.OCC(O)CO. The summed E-state index contributed by atoms with van der Waals surface area (Å²) >= 11 is 0. The number of hydrogen-bond acceptors (Lipinski definition) is 5. The molecule has 0 fully saturated rings. The number of aliphatic carboxylic acids is 2. The van der Waals surface area contributed by atoms with E-state index in [1.807, 2.05) is 0 Å². The largest absolute Gasteiger partial charge is 0.481 e. The van der Waals surface area contributed by atoms with Gasteiger partial charge in [-0.15, -0.1) is 0 Å². The number of aliphatic hydroxyl groups is 3. The third-order valence-corrected chi connectivity index (χ3v) is 4.07. The zero-order valence-electron chi connectivity index (χ0n) is 19.1. The Labute approximate surface area is 182 Å². The van der Waals surface area contributed by atoms with Crippen molar-refractivity contribution >= 4 is 11.9 Å². The predicted octanol–water partition coefficient (Wildman–Crippen LogP) is 4.53. The van der Waals surface area contributed by atoms with Crippen molar-refractivity contribution in [3.63, 3.8) is 0 Å². The molecule has 0 spiro atoms. The molecule has 0 aliphatic heterocycles. The maximum atomic E-state index is 10.3. The maximum absolute atomic E-state index is 10.3. The smallest absolute Gasteiger partial charge is 0.303 e. The Bertz CT molecular complexity index is 376. The lowest BCUT2D eigenvalue weighted by Crippen LogP contribution is -2.15. The molecular weight excluding hydrogens is 388 g/mol. The summed E-state index contributed by atoms with van der Waals surface area (Å²) in [5.74, 6) is -1.50. The van der Waals surface area contributed by atoms with Crippen LogP contribution in [0.1, 0.15) is 104 Å². The summed E-state index contributed by atoms with van der Waals surface area (Å²) in [6, 6.07) is 0. The highest BCUT2D eigenvalue weighted by atomic mass is 16.4.